The van der Waals surface area contributed by atoms with Gasteiger partial charge in [-0.1, -0.05) is 56.4 Å². The Morgan fingerprint density at radius 1 is 1.09 bits per heavy atom. The second kappa shape index (κ2) is 14.7. The van der Waals surface area contributed by atoms with Crippen molar-refractivity contribution in [1.29, 1.82) is 5.26 Å². The van der Waals surface area contributed by atoms with E-state index in [1.165, 1.54) is 31.2 Å². The Balaban J connectivity index is 1.41. The van der Waals surface area contributed by atoms with E-state index in [0.29, 0.717) is 37.1 Å². The number of carbonyl (C=O) groups is 1. The van der Waals surface area contributed by atoms with E-state index in [-0.39, 0.29) is 5.92 Å². The number of nitrogens with zero attached hydrogens (tertiary/aromatic N) is 1. The van der Waals surface area contributed by atoms with E-state index in [2.05, 4.69) is 49.1 Å². The molecule has 2 aliphatic rings. The van der Waals surface area contributed by atoms with Gasteiger partial charge in [0.05, 0.1) is 18.4 Å². The van der Waals surface area contributed by atoms with Gasteiger partial charge < -0.3 is 4.74 Å². The van der Waals surface area contributed by atoms with Crippen molar-refractivity contribution in [1.82, 2.24) is 0 Å². The molecule has 2 saturated carbocycles. The summed E-state index contributed by atoms with van der Waals surface area (Å²) in [4.78, 5) is 13.1. The molecule has 0 aromatic heterocycles. The lowest BCUT2D eigenvalue weighted by Gasteiger charge is -2.29. The Morgan fingerprint density at radius 2 is 1.82 bits per heavy atom. The normalized spacial score (nSPS) is 20.8. The Labute approximate surface area is 207 Å². The molecule has 0 bridgehead atoms. The second-order valence-corrected chi connectivity index (χ2v) is 10.0. The van der Waals surface area contributed by atoms with Crippen LogP contribution in [0.15, 0.2) is 36.4 Å². The molecular weight excluding hydrogens is 418 g/mol. The topological polar surface area (TPSA) is 50.1 Å². The van der Waals surface area contributed by atoms with E-state index < -0.39 is 0 Å². The van der Waals surface area contributed by atoms with Gasteiger partial charge in [0.1, 0.15) is 18.1 Å². The van der Waals surface area contributed by atoms with Crippen LogP contribution in [0.2, 0.25) is 0 Å². The largest absolute Gasteiger partial charge is 0.493 e. The summed E-state index contributed by atoms with van der Waals surface area (Å²) >= 11 is 0. The summed E-state index contributed by atoms with van der Waals surface area (Å²) < 4.78 is 5.58. The van der Waals surface area contributed by atoms with Gasteiger partial charge in [-0.25, -0.2) is 0 Å². The minimum absolute atomic E-state index is 0.133. The zero-order valence-electron chi connectivity index (χ0n) is 20.9. The molecule has 1 unspecified atom stereocenters. The Morgan fingerprint density at radius 3 is 2.50 bits per heavy atom. The number of hydrogen-bond donors (Lipinski definition) is 0. The fourth-order valence-corrected chi connectivity index (χ4v) is 4.95. The maximum Gasteiger partial charge on any atom is 0.148 e. The summed E-state index contributed by atoms with van der Waals surface area (Å²) in [6.07, 6.45) is 18.3. The molecule has 0 amide bonds. The lowest BCUT2D eigenvalue weighted by atomic mass is 9.76. The third kappa shape index (κ3) is 9.38. The number of hydrogen-bond acceptors (Lipinski definition) is 3. The summed E-state index contributed by atoms with van der Waals surface area (Å²) in [6, 6.07) is 10.4. The zero-order valence-corrected chi connectivity index (χ0v) is 20.9. The number of carbonyl (C=O) groups excluding carboxylic acids is 1. The summed E-state index contributed by atoms with van der Waals surface area (Å²) in [5.41, 5.74) is 1.36. The zero-order chi connectivity index (χ0) is 24.0. The molecule has 3 heteroatoms. The van der Waals surface area contributed by atoms with Gasteiger partial charge >= 0.3 is 0 Å². The fourth-order valence-electron chi connectivity index (χ4n) is 4.95. The van der Waals surface area contributed by atoms with Gasteiger partial charge in [-0.3, -0.25) is 4.79 Å². The van der Waals surface area contributed by atoms with Crippen LogP contribution in [0.1, 0.15) is 102 Å². The molecule has 1 atom stereocenters. The summed E-state index contributed by atoms with van der Waals surface area (Å²) in [6.45, 7) is 2.49. The van der Waals surface area contributed by atoms with Crippen LogP contribution in [-0.2, 0) is 4.79 Å². The van der Waals surface area contributed by atoms with Crippen molar-refractivity contribution >= 4 is 5.78 Å². The van der Waals surface area contributed by atoms with Gasteiger partial charge in [0.2, 0.25) is 0 Å². The number of ether oxygens (including phenoxy) is 1. The molecule has 3 nitrogen and oxygen atoms in total. The number of nitriles is 1. The van der Waals surface area contributed by atoms with Crippen molar-refractivity contribution in [3.63, 3.8) is 0 Å². The third-order valence-corrected chi connectivity index (χ3v) is 7.23. The SMILES string of the molecule is CCC#CC(C/C=C\CCCC1CC1)C(=O)CC1CCC(c2ccc(OCCC#N)cc2)CC1. The van der Waals surface area contributed by atoms with E-state index in [4.69, 9.17) is 10.00 Å². The molecule has 34 heavy (non-hydrogen) atoms. The molecule has 3 rings (SSSR count). The smallest absolute Gasteiger partial charge is 0.148 e. The first-order chi connectivity index (χ1) is 16.7. The Bertz CT molecular complexity index is 871. The van der Waals surface area contributed by atoms with E-state index in [1.807, 2.05) is 12.1 Å². The first kappa shape index (κ1) is 26.1. The summed E-state index contributed by atoms with van der Waals surface area (Å²) in [5.74, 6) is 9.51. The van der Waals surface area contributed by atoms with Crippen LogP contribution in [0.4, 0.5) is 0 Å². The molecule has 0 N–H and O–H groups in total. The molecule has 0 spiro atoms. The number of unbranched alkanes of at least 4 members (excludes halogenated alkanes) is 1. The van der Waals surface area contributed by atoms with Crippen LogP contribution in [0.3, 0.4) is 0 Å². The highest BCUT2D eigenvalue weighted by atomic mass is 16.5. The van der Waals surface area contributed by atoms with Crippen molar-refractivity contribution in [2.75, 3.05) is 6.61 Å². The van der Waals surface area contributed by atoms with E-state index in [1.54, 1.807) is 0 Å². The third-order valence-electron chi connectivity index (χ3n) is 7.23. The average Bonchev–Trinajstić information content (AvgIpc) is 3.69. The van der Waals surface area contributed by atoms with Crippen LogP contribution in [-0.4, -0.2) is 12.4 Å². The average molecular weight is 460 g/mol. The van der Waals surface area contributed by atoms with Crippen LogP contribution in [0.5, 0.6) is 5.75 Å². The van der Waals surface area contributed by atoms with Crippen molar-refractivity contribution < 1.29 is 9.53 Å². The Hall–Kier alpha value is -2.52. The molecule has 0 radical (unpaired) electrons. The lowest BCUT2D eigenvalue weighted by Crippen LogP contribution is -2.20. The predicted molar refractivity (Wildman–Crippen MR) is 138 cm³/mol. The molecule has 0 heterocycles. The maximum atomic E-state index is 13.1. The standard InChI is InChI=1S/C31H41NO2/c1-2-3-10-29(11-7-5-4-6-9-25-12-13-25)31(33)24-26-14-16-27(17-15-26)28-18-20-30(21-19-28)34-23-8-22-32/h5,7,18-21,25-27,29H,2,4,6,8-9,11-17,23-24H2,1H3/b7-5-. The Kier molecular flexibility index (Phi) is 11.3. The highest BCUT2D eigenvalue weighted by molar-refractivity contribution is 5.84. The van der Waals surface area contributed by atoms with E-state index in [9.17, 15) is 4.79 Å². The molecule has 1 aromatic rings. The van der Waals surface area contributed by atoms with E-state index >= 15 is 0 Å². The quantitative estimate of drug-likeness (QED) is 0.172. The van der Waals surface area contributed by atoms with Crippen LogP contribution >= 0.6 is 0 Å². The number of benzene rings is 1. The first-order valence-electron chi connectivity index (χ1n) is 13.4. The fraction of sp³-hybridized carbons (Fsp3) is 0.613. The highest BCUT2D eigenvalue weighted by Crippen LogP contribution is 2.38. The van der Waals surface area contributed by atoms with Gasteiger partial charge in [-0.05, 0) is 80.4 Å². The molecule has 0 saturated heterocycles. The van der Waals surface area contributed by atoms with E-state index in [0.717, 1.165) is 56.6 Å². The van der Waals surface area contributed by atoms with Crippen molar-refractivity contribution in [3.8, 4) is 23.7 Å². The lowest BCUT2D eigenvalue weighted by molar-refractivity contribution is -0.122. The van der Waals surface area contributed by atoms with Gasteiger partial charge in [0, 0.05) is 12.8 Å². The minimum atomic E-state index is -0.133. The van der Waals surface area contributed by atoms with Gasteiger partial charge in [0.15, 0.2) is 0 Å². The molecule has 2 fully saturated rings. The maximum absolute atomic E-state index is 13.1. The second-order valence-electron chi connectivity index (χ2n) is 10.0. The van der Waals surface area contributed by atoms with Crippen LogP contribution in [0.25, 0.3) is 0 Å². The number of ketones is 1. The van der Waals surface area contributed by atoms with Gasteiger partial charge in [0.25, 0.3) is 0 Å². The molecule has 182 valence electrons. The van der Waals surface area contributed by atoms with Crippen LogP contribution in [0, 0.1) is 40.9 Å². The number of Topliss-reactive ketones (excluding diaryl/α,β-unsaturated/α-hetero) is 1. The first-order valence-corrected chi connectivity index (χ1v) is 13.4. The molecule has 1 aromatic carbocycles. The summed E-state index contributed by atoms with van der Waals surface area (Å²) in [7, 11) is 0. The van der Waals surface area contributed by atoms with Gasteiger partial charge in [-0.15, -0.1) is 5.92 Å². The van der Waals surface area contributed by atoms with Gasteiger partial charge in [-0.2, -0.15) is 5.26 Å². The van der Waals surface area contributed by atoms with Crippen molar-refractivity contribution in [2.24, 2.45) is 17.8 Å². The minimum Gasteiger partial charge on any atom is -0.493 e. The molecule has 0 aliphatic heterocycles. The molecule has 2 aliphatic carbocycles. The summed E-state index contributed by atoms with van der Waals surface area (Å²) in [5, 5.41) is 8.63. The van der Waals surface area contributed by atoms with Crippen molar-refractivity contribution in [3.05, 3.63) is 42.0 Å². The predicted octanol–water partition coefficient (Wildman–Crippen LogP) is 7.77. The van der Waals surface area contributed by atoms with Crippen LogP contribution < -0.4 is 4.74 Å². The molecular formula is C31H41NO2. The number of allylic oxidation sites excluding steroid dienone is 2. The monoisotopic (exact) mass is 459 g/mol. The highest BCUT2D eigenvalue weighted by Gasteiger charge is 2.26. The number of rotatable bonds is 13. The van der Waals surface area contributed by atoms with Crippen molar-refractivity contribution in [2.45, 2.75) is 96.3 Å².